The molecule has 2 heterocycles. The quantitative estimate of drug-likeness (QED) is 0.252. The van der Waals surface area contributed by atoms with Crippen molar-refractivity contribution < 1.29 is 8.42 Å². The van der Waals surface area contributed by atoms with Crippen LogP contribution in [-0.4, -0.2) is 50.1 Å². The van der Waals surface area contributed by atoms with Gasteiger partial charge in [-0.2, -0.15) is 0 Å². The van der Waals surface area contributed by atoms with Crippen LogP contribution in [0.25, 0.3) is 0 Å². The molecule has 0 aliphatic carbocycles. The molecule has 3 aromatic carbocycles. The number of piperidine rings is 1. The second-order valence-corrected chi connectivity index (χ2v) is 13.5. The molecule has 0 N–H and O–H groups in total. The number of fused-ring (bicyclic) bond motifs is 1. The Hall–Kier alpha value is -1.60. The van der Waals surface area contributed by atoms with E-state index >= 15 is 0 Å². The first-order chi connectivity index (χ1) is 18.4. The average Bonchev–Trinajstić information content (AvgIpc) is 3.12. The second-order valence-electron chi connectivity index (χ2n) is 11.0. The monoisotopic (exact) mass is 622 g/mol. The van der Waals surface area contributed by atoms with Gasteiger partial charge in [0.25, 0.3) is 0 Å². The van der Waals surface area contributed by atoms with Gasteiger partial charge in [0.1, 0.15) is 0 Å². The maximum atomic E-state index is 13.2. The Labute approximate surface area is 257 Å². The Bertz CT molecular complexity index is 1310. The van der Waals surface area contributed by atoms with E-state index in [1.807, 2.05) is 30.3 Å². The molecular weight excluding hydrogens is 583 g/mol. The number of sulfone groups is 1. The van der Waals surface area contributed by atoms with Crippen LogP contribution in [0.5, 0.6) is 0 Å². The molecule has 8 heteroatoms. The minimum absolute atomic E-state index is 0. The number of benzene rings is 3. The highest BCUT2D eigenvalue weighted by molar-refractivity contribution is 7.91. The number of likely N-dealkylation sites (tertiary alicyclic amines) is 1. The molecule has 40 heavy (non-hydrogen) atoms. The van der Waals surface area contributed by atoms with Gasteiger partial charge in [-0.1, -0.05) is 60.1 Å². The maximum Gasteiger partial charge on any atom is 0.178 e. The molecule has 5 rings (SSSR count). The lowest BCUT2D eigenvalue weighted by atomic mass is 9.92. The smallest absolute Gasteiger partial charge is 0.178 e. The summed E-state index contributed by atoms with van der Waals surface area (Å²) in [6.07, 6.45) is 5.88. The van der Waals surface area contributed by atoms with Crippen molar-refractivity contribution in [2.45, 2.75) is 56.5 Å². The summed E-state index contributed by atoms with van der Waals surface area (Å²) in [6, 6.07) is 24.5. The highest BCUT2D eigenvalue weighted by atomic mass is 35.5. The van der Waals surface area contributed by atoms with Gasteiger partial charge in [0.05, 0.1) is 10.6 Å². The molecule has 0 spiro atoms. The van der Waals surface area contributed by atoms with Gasteiger partial charge in [-0.15, -0.1) is 24.8 Å². The predicted molar refractivity (Wildman–Crippen MR) is 171 cm³/mol. The Morgan fingerprint density at radius 1 is 0.725 bits per heavy atom. The van der Waals surface area contributed by atoms with Crippen LogP contribution in [-0.2, 0) is 35.8 Å². The third kappa shape index (κ3) is 9.20. The number of halogens is 3. The molecule has 0 radical (unpaired) electrons. The first-order valence-electron chi connectivity index (χ1n) is 14.0. The number of hydrogen-bond donors (Lipinski definition) is 0. The molecule has 2 aliphatic rings. The summed E-state index contributed by atoms with van der Waals surface area (Å²) >= 11 is 6.13. The van der Waals surface area contributed by atoms with E-state index in [9.17, 15) is 8.42 Å². The molecule has 1 fully saturated rings. The lowest BCUT2D eigenvalue weighted by Gasteiger charge is -2.32. The Morgan fingerprint density at radius 2 is 1.38 bits per heavy atom. The Kier molecular flexibility index (Phi) is 12.8. The number of rotatable bonds is 9. The van der Waals surface area contributed by atoms with E-state index in [0.29, 0.717) is 10.8 Å². The number of hydrogen-bond acceptors (Lipinski definition) is 4. The molecule has 0 aromatic heterocycles. The van der Waals surface area contributed by atoms with Crippen molar-refractivity contribution in [2.75, 3.05) is 31.9 Å². The molecule has 0 unspecified atom stereocenters. The van der Waals surface area contributed by atoms with Crippen molar-refractivity contribution >= 4 is 46.3 Å². The van der Waals surface area contributed by atoms with E-state index in [1.165, 1.54) is 22.3 Å². The van der Waals surface area contributed by atoms with Gasteiger partial charge < -0.3 is 0 Å². The SMILES string of the molecule is Cl.Cl.O=S(=O)(CCCC1CCN(Cc2cccc(Cl)c2)CC1)c1ccc2c(c1)CCN(Cc1ccccc1)CC2. The largest absolute Gasteiger partial charge is 0.299 e. The summed E-state index contributed by atoms with van der Waals surface area (Å²) in [5.41, 5.74) is 5.08. The molecule has 218 valence electrons. The van der Waals surface area contributed by atoms with Crippen LogP contribution in [0, 0.1) is 5.92 Å². The first kappa shape index (κ1) is 32.9. The standard InChI is InChI=1S/C32H39ClN2O2S.2ClH/c33-31-10-4-8-28(22-31)25-34-17-13-26(14-18-34)9-5-21-38(36,37)32-12-11-29-15-19-35(20-16-30(29)23-32)24-27-6-2-1-3-7-27;;/h1-4,6-8,10-12,22-23,26H,5,9,13-21,24-25H2;2*1H. The molecule has 0 bridgehead atoms. The molecule has 0 atom stereocenters. The van der Waals surface area contributed by atoms with Crippen LogP contribution in [0.4, 0.5) is 0 Å². The van der Waals surface area contributed by atoms with Gasteiger partial charge in [0, 0.05) is 31.2 Å². The van der Waals surface area contributed by atoms with Crippen molar-refractivity contribution in [2.24, 2.45) is 5.92 Å². The van der Waals surface area contributed by atoms with Crippen LogP contribution < -0.4 is 0 Å². The minimum Gasteiger partial charge on any atom is -0.299 e. The van der Waals surface area contributed by atoms with E-state index in [4.69, 9.17) is 11.6 Å². The van der Waals surface area contributed by atoms with E-state index in [1.54, 1.807) is 0 Å². The fourth-order valence-corrected chi connectivity index (χ4v) is 7.54. The fraction of sp³-hybridized carbons (Fsp3) is 0.438. The van der Waals surface area contributed by atoms with Crippen LogP contribution in [0.2, 0.25) is 5.02 Å². The van der Waals surface area contributed by atoms with Gasteiger partial charge in [0.2, 0.25) is 0 Å². The molecule has 2 aliphatic heterocycles. The third-order valence-corrected chi connectivity index (χ3v) is 10.2. The molecular formula is C32H41Cl3N2O2S. The zero-order valence-electron chi connectivity index (χ0n) is 23.0. The lowest BCUT2D eigenvalue weighted by Crippen LogP contribution is -2.33. The van der Waals surface area contributed by atoms with Gasteiger partial charge in [-0.3, -0.25) is 9.80 Å². The van der Waals surface area contributed by atoms with Gasteiger partial charge in [-0.25, -0.2) is 8.42 Å². The predicted octanol–water partition coefficient (Wildman–Crippen LogP) is 7.25. The lowest BCUT2D eigenvalue weighted by molar-refractivity contribution is 0.172. The first-order valence-corrected chi connectivity index (χ1v) is 16.1. The zero-order valence-corrected chi connectivity index (χ0v) is 26.2. The van der Waals surface area contributed by atoms with Gasteiger partial charge in [-0.05, 0) is 104 Å². The van der Waals surface area contributed by atoms with Crippen molar-refractivity contribution in [3.05, 3.63) is 100 Å². The van der Waals surface area contributed by atoms with E-state index in [0.717, 1.165) is 82.8 Å². The van der Waals surface area contributed by atoms with Crippen LogP contribution >= 0.6 is 36.4 Å². The zero-order chi connectivity index (χ0) is 26.4. The highest BCUT2D eigenvalue weighted by Gasteiger charge is 2.22. The van der Waals surface area contributed by atoms with Crippen molar-refractivity contribution in [3.8, 4) is 0 Å². The molecule has 1 saturated heterocycles. The Morgan fingerprint density at radius 3 is 2.10 bits per heavy atom. The van der Waals surface area contributed by atoms with Crippen LogP contribution in [0.1, 0.15) is 47.9 Å². The second kappa shape index (κ2) is 15.6. The summed E-state index contributed by atoms with van der Waals surface area (Å²) in [5, 5.41) is 0.790. The van der Waals surface area contributed by atoms with Crippen molar-refractivity contribution in [1.29, 1.82) is 0 Å². The van der Waals surface area contributed by atoms with Crippen LogP contribution in [0.15, 0.2) is 77.7 Å². The normalized spacial score (nSPS) is 16.8. The highest BCUT2D eigenvalue weighted by Crippen LogP contribution is 2.26. The van der Waals surface area contributed by atoms with E-state index in [-0.39, 0.29) is 30.6 Å². The average molecular weight is 624 g/mol. The maximum absolute atomic E-state index is 13.2. The van der Waals surface area contributed by atoms with E-state index in [2.05, 4.69) is 52.3 Å². The fourth-order valence-electron chi connectivity index (χ4n) is 5.95. The Balaban J connectivity index is 0.00000220. The van der Waals surface area contributed by atoms with Gasteiger partial charge >= 0.3 is 0 Å². The van der Waals surface area contributed by atoms with E-state index < -0.39 is 9.84 Å². The summed E-state index contributed by atoms with van der Waals surface area (Å²) in [6.45, 7) is 5.98. The minimum atomic E-state index is -3.26. The molecule has 0 saturated carbocycles. The molecule has 3 aromatic rings. The number of nitrogens with zero attached hydrogens (tertiary/aromatic N) is 2. The summed E-state index contributed by atoms with van der Waals surface area (Å²) < 4.78 is 26.4. The summed E-state index contributed by atoms with van der Waals surface area (Å²) in [4.78, 5) is 5.46. The molecule has 0 amide bonds. The van der Waals surface area contributed by atoms with Crippen molar-refractivity contribution in [3.63, 3.8) is 0 Å². The molecule has 4 nitrogen and oxygen atoms in total. The third-order valence-electron chi connectivity index (χ3n) is 8.21. The van der Waals surface area contributed by atoms with Crippen molar-refractivity contribution in [1.82, 2.24) is 9.80 Å². The topological polar surface area (TPSA) is 40.6 Å². The summed E-state index contributed by atoms with van der Waals surface area (Å²) in [5.74, 6) is 0.859. The summed E-state index contributed by atoms with van der Waals surface area (Å²) in [7, 11) is -3.26. The van der Waals surface area contributed by atoms with Crippen LogP contribution in [0.3, 0.4) is 0 Å². The van der Waals surface area contributed by atoms with Gasteiger partial charge in [0.15, 0.2) is 9.84 Å².